The summed E-state index contributed by atoms with van der Waals surface area (Å²) < 4.78 is 6.62. The molecule has 3 N–H and O–H groups in total. The first-order valence-corrected chi connectivity index (χ1v) is 6.52. The molecule has 0 amide bonds. The Balaban J connectivity index is 1.76. The van der Waals surface area contributed by atoms with Gasteiger partial charge in [0.15, 0.2) is 0 Å². The molecule has 0 aromatic heterocycles. The molecule has 2 aromatic rings. The van der Waals surface area contributed by atoms with Gasteiger partial charge < -0.3 is 15.8 Å². The molecule has 0 aliphatic heterocycles. The molecule has 2 aromatic carbocycles. The van der Waals surface area contributed by atoms with Gasteiger partial charge in [-0.3, -0.25) is 0 Å². The lowest BCUT2D eigenvalue weighted by atomic mass is 10.3. The van der Waals surface area contributed by atoms with Crippen molar-refractivity contribution in [3.8, 4) is 5.75 Å². The van der Waals surface area contributed by atoms with E-state index in [1.165, 1.54) is 0 Å². The van der Waals surface area contributed by atoms with E-state index in [0.29, 0.717) is 6.61 Å². The average molecular weight is 307 g/mol. The molecule has 0 bridgehead atoms. The van der Waals surface area contributed by atoms with Gasteiger partial charge in [0, 0.05) is 17.9 Å². The van der Waals surface area contributed by atoms with Crippen LogP contribution in [0.15, 0.2) is 53.0 Å². The molecule has 0 spiro atoms. The topological polar surface area (TPSA) is 47.3 Å². The van der Waals surface area contributed by atoms with Crippen LogP contribution in [0.3, 0.4) is 0 Å². The highest BCUT2D eigenvalue weighted by Gasteiger charge is 1.98. The van der Waals surface area contributed by atoms with Crippen molar-refractivity contribution in [2.24, 2.45) is 0 Å². The van der Waals surface area contributed by atoms with E-state index < -0.39 is 0 Å². The first-order chi connectivity index (χ1) is 8.75. The van der Waals surface area contributed by atoms with Crippen LogP contribution < -0.4 is 15.8 Å². The summed E-state index contributed by atoms with van der Waals surface area (Å²) in [5.74, 6) is 0.858. The number of nitrogen functional groups attached to an aromatic ring is 1. The van der Waals surface area contributed by atoms with E-state index in [1.54, 1.807) is 0 Å². The summed E-state index contributed by atoms with van der Waals surface area (Å²) in [7, 11) is 0. The summed E-state index contributed by atoms with van der Waals surface area (Å²) in [5.41, 5.74) is 7.43. The van der Waals surface area contributed by atoms with Crippen LogP contribution in [0.4, 0.5) is 11.4 Å². The molecule has 0 aliphatic rings. The van der Waals surface area contributed by atoms with E-state index in [-0.39, 0.29) is 0 Å². The van der Waals surface area contributed by atoms with Crippen molar-refractivity contribution in [2.75, 3.05) is 24.2 Å². The van der Waals surface area contributed by atoms with Gasteiger partial charge in [-0.15, -0.1) is 0 Å². The summed E-state index contributed by atoms with van der Waals surface area (Å²) in [6, 6.07) is 15.5. The monoisotopic (exact) mass is 306 g/mol. The number of para-hydroxylation sites is 1. The van der Waals surface area contributed by atoms with Gasteiger partial charge in [-0.1, -0.05) is 12.1 Å². The van der Waals surface area contributed by atoms with Crippen molar-refractivity contribution < 1.29 is 4.74 Å². The number of nitrogens with two attached hydrogens (primary N) is 1. The Kier molecular flexibility index (Phi) is 4.47. The zero-order valence-corrected chi connectivity index (χ0v) is 11.5. The number of nitrogens with one attached hydrogen (secondary N) is 1. The number of hydrogen-bond donors (Lipinski definition) is 2. The normalized spacial score (nSPS) is 10.1. The van der Waals surface area contributed by atoms with Crippen molar-refractivity contribution in [1.29, 1.82) is 0 Å². The van der Waals surface area contributed by atoms with Crippen LogP contribution in [0.5, 0.6) is 5.75 Å². The molecule has 0 atom stereocenters. The van der Waals surface area contributed by atoms with E-state index in [0.717, 1.165) is 28.1 Å². The van der Waals surface area contributed by atoms with Crippen LogP contribution in [-0.2, 0) is 0 Å². The second kappa shape index (κ2) is 6.31. The van der Waals surface area contributed by atoms with Crippen LogP contribution in [0, 0.1) is 0 Å². The lowest BCUT2D eigenvalue weighted by Gasteiger charge is -2.09. The zero-order chi connectivity index (χ0) is 12.8. The Hall–Kier alpha value is -1.68. The Morgan fingerprint density at radius 3 is 2.50 bits per heavy atom. The maximum Gasteiger partial charge on any atom is 0.133 e. The van der Waals surface area contributed by atoms with Gasteiger partial charge in [-0.05, 0) is 52.3 Å². The van der Waals surface area contributed by atoms with Gasteiger partial charge in [-0.25, -0.2) is 0 Å². The third-order valence-corrected chi connectivity index (χ3v) is 3.09. The lowest BCUT2D eigenvalue weighted by molar-refractivity contribution is 0.331. The van der Waals surface area contributed by atoms with Gasteiger partial charge in [-0.2, -0.15) is 0 Å². The van der Waals surface area contributed by atoms with Crippen LogP contribution in [-0.4, -0.2) is 13.2 Å². The Morgan fingerprint density at radius 2 is 1.78 bits per heavy atom. The van der Waals surface area contributed by atoms with E-state index in [2.05, 4.69) is 21.2 Å². The van der Waals surface area contributed by atoms with E-state index in [1.807, 2.05) is 48.5 Å². The molecule has 4 heteroatoms. The highest BCUT2D eigenvalue weighted by molar-refractivity contribution is 9.10. The van der Waals surface area contributed by atoms with Gasteiger partial charge in [0.2, 0.25) is 0 Å². The highest BCUT2D eigenvalue weighted by atomic mass is 79.9. The molecular formula is C14H15BrN2O. The minimum absolute atomic E-state index is 0.604. The molecule has 0 saturated carbocycles. The number of benzene rings is 2. The molecule has 3 nitrogen and oxygen atoms in total. The first-order valence-electron chi connectivity index (χ1n) is 5.72. The molecule has 0 fully saturated rings. The smallest absolute Gasteiger partial charge is 0.133 e. The zero-order valence-electron chi connectivity index (χ0n) is 9.90. The van der Waals surface area contributed by atoms with Crippen molar-refractivity contribution in [2.45, 2.75) is 0 Å². The molecular weight excluding hydrogens is 292 g/mol. The fraction of sp³-hybridized carbons (Fsp3) is 0.143. The minimum atomic E-state index is 0.604. The Morgan fingerprint density at radius 1 is 1.06 bits per heavy atom. The minimum Gasteiger partial charge on any atom is -0.491 e. The maximum absolute atomic E-state index is 5.65. The van der Waals surface area contributed by atoms with Crippen molar-refractivity contribution in [1.82, 2.24) is 0 Å². The second-order valence-corrected chi connectivity index (χ2v) is 4.68. The van der Waals surface area contributed by atoms with Crippen molar-refractivity contribution in [3.05, 3.63) is 53.0 Å². The number of anilines is 2. The number of halogens is 1. The number of rotatable bonds is 5. The molecule has 0 unspecified atom stereocenters. The lowest BCUT2D eigenvalue weighted by Crippen LogP contribution is -2.11. The van der Waals surface area contributed by atoms with Crippen molar-refractivity contribution >= 4 is 27.3 Å². The number of ether oxygens (including phenoxy) is 1. The molecule has 94 valence electrons. The van der Waals surface area contributed by atoms with Crippen LogP contribution in [0.1, 0.15) is 0 Å². The predicted molar refractivity (Wildman–Crippen MR) is 79.0 cm³/mol. The van der Waals surface area contributed by atoms with E-state index >= 15 is 0 Å². The SMILES string of the molecule is Nc1ccc(NCCOc2ccccc2Br)cc1. The standard InChI is InChI=1S/C14H15BrN2O/c15-13-3-1-2-4-14(13)18-10-9-17-12-7-5-11(16)6-8-12/h1-8,17H,9-10,16H2. The van der Waals surface area contributed by atoms with Gasteiger partial charge in [0.05, 0.1) is 4.47 Å². The van der Waals surface area contributed by atoms with Crippen LogP contribution in [0.25, 0.3) is 0 Å². The molecule has 0 heterocycles. The van der Waals surface area contributed by atoms with Gasteiger partial charge in [0.25, 0.3) is 0 Å². The third kappa shape index (κ3) is 3.67. The molecule has 0 saturated heterocycles. The van der Waals surface area contributed by atoms with Crippen LogP contribution in [0.2, 0.25) is 0 Å². The van der Waals surface area contributed by atoms with Gasteiger partial charge >= 0.3 is 0 Å². The first kappa shape index (κ1) is 12.8. The summed E-state index contributed by atoms with van der Waals surface area (Å²) in [6.07, 6.45) is 0. The van der Waals surface area contributed by atoms with E-state index in [4.69, 9.17) is 10.5 Å². The summed E-state index contributed by atoms with van der Waals surface area (Å²) in [4.78, 5) is 0. The van der Waals surface area contributed by atoms with Gasteiger partial charge in [0.1, 0.15) is 12.4 Å². The largest absolute Gasteiger partial charge is 0.491 e. The molecule has 0 aliphatic carbocycles. The second-order valence-electron chi connectivity index (χ2n) is 3.83. The average Bonchev–Trinajstić information content (AvgIpc) is 2.39. The summed E-state index contributed by atoms with van der Waals surface area (Å²) >= 11 is 3.44. The molecule has 0 radical (unpaired) electrons. The van der Waals surface area contributed by atoms with Crippen LogP contribution >= 0.6 is 15.9 Å². The van der Waals surface area contributed by atoms with E-state index in [9.17, 15) is 0 Å². The highest BCUT2D eigenvalue weighted by Crippen LogP contribution is 2.23. The fourth-order valence-electron chi connectivity index (χ4n) is 1.52. The predicted octanol–water partition coefficient (Wildman–Crippen LogP) is 3.52. The maximum atomic E-state index is 5.65. The quantitative estimate of drug-likeness (QED) is 0.656. The fourth-order valence-corrected chi connectivity index (χ4v) is 1.92. The molecule has 2 rings (SSSR count). The summed E-state index contributed by atoms with van der Waals surface area (Å²) in [6.45, 7) is 1.35. The number of hydrogen-bond acceptors (Lipinski definition) is 3. The van der Waals surface area contributed by atoms with Crippen molar-refractivity contribution in [3.63, 3.8) is 0 Å². The summed E-state index contributed by atoms with van der Waals surface area (Å²) in [5, 5.41) is 3.27. The molecule has 18 heavy (non-hydrogen) atoms. The Bertz CT molecular complexity index is 499. The third-order valence-electron chi connectivity index (χ3n) is 2.44. The Labute approximate surface area is 115 Å².